The molecule has 0 aromatic heterocycles. The van der Waals surface area contributed by atoms with Crippen LogP contribution in [0.1, 0.15) is 31.7 Å². The summed E-state index contributed by atoms with van der Waals surface area (Å²) in [7, 11) is 0. The molecule has 3 rings (SSSR count). The zero-order chi connectivity index (χ0) is 19.8. The second-order valence-electron chi connectivity index (χ2n) is 7.47. The summed E-state index contributed by atoms with van der Waals surface area (Å²) in [6.07, 6.45) is 2.38. The Morgan fingerprint density at radius 2 is 2.07 bits per heavy atom. The highest BCUT2D eigenvalue weighted by atomic mass is 79.9. The summed E-state index contributed by atoms with van der Waals surface area (Å²) in [4.78, 5) is 28.5. The summed E-state index contributed by atoms with van der Waals surface area (Å²) in [6.45, 7) is 3.95. The number of rotatable bonds is 3. The van der Waals surface area contributed by atoms with E-state index in [-0.39, 0.29) is 22.9 Å². The van der Waals surface area contributed by atoms with Crippen molar-refractivity contribution in [2.24, 2.45) is 22.2 Å². The summed E-state index contributed by atoms with van der Waals surface area (Å²) in [6, 6.07) is 9.82. The number of hydrogen-bond donors (Lipinski definition) is 0. The van der Waals surface area contributed by atoms with Gasteiger partial charge in [-0.1, -0.05) is 48.0 Å². The fraction of sp³-hybridized carbons (Fsp3) is 0.400. The monoisotopic (exact) mass is 445 g/mol. The first-order valence-corrected chi connectivity index (χ1v) is 10.3. The number of thioether (sulfide) groups is 1. The number of fused-ring (bicyclic) bond motifs is 1. The molecule has 27 heavy (non-hydrogen) atoms. The molecule has 0 saturated heterocycles. The maximum absolute atomic E-state index is 13.0. The molecule has 0 N–H and O–H groups in total. The molecular formula is C20H18BrN2O3S-. The smallest absolute Gasteiger partial charge is 0.143 e. The molecule has 0 spiro atoms. The van der Waals surface area contributed by atoms with Crippen molar-refractivity contribution in [3.05, 3.63) is 46.1 Å². The van der Waals surface area contributed by atoms with Gasteiger partial charge in [0.25, 0.3) is 0 Å². The van der Waals surface area contributed by atoms with E-state index in [1.54, 1.807) is 0 Å². The Labute approximate surface area is 170 Å². The van der Waals surface area contributed by atoms with E-state index in [1.165, 1.54) is 0 Å². The topological polar surface area (TPSA) is 93.3 Å². The minimum atomic E-state index is -1.21. The molecule has 0 saturated carbocycles. The van der Waals surface area contributed by atoms with Crippen LogP contribution < -0.4 is 5.11 Å². The first-order chi connectivity index (χ1) is 12.7. The molecule has 2 aliphatic rings. The molecule has 3 atom stereocenters. The molecule has 1 aromatic carbocycles. The van der Waals surface area contributed by atoms with Crippen LogP contribution in [0.5, 0.6) is 0 Å². The first kappa shape index (κ1) is 19.8. The Balaban J connectivity index is 2.14. The number of carbonyl (C=O) groups excluding carboxylic acids is 2. The number of halogens is 1. The van der Waals surface area contributed by atoms with E-state index in [0.29, 0.717) is 17.2 Å². The predicted molar refractivity (Wildman–Crippen MR) is 106 cm³/mol. The SMILES string of the molecule is CC1(C)C=C2N=C(SCC(=O)[O-])C(C#N)[C@H](c3ccc(Br)cc3)[C@H]2C(=O)C1. The van der Waals surface area contributed by atoms with E-state index < -0.39 is 17.8 Å². The van der Waals surface area contributed by atoms with E-state index in [2.05, 4.69) is 27.0 Å². The number of nitrogens with zero attached hydrogens (tertiary/aromatic N) is 2. The van der Waals surface area contributed by atoms with Crippen molar-refractivity contribution in [2.45, 2.75) is 26.2 Å². The van der Waals surface area contributed by atoms with Gasteiger partial charge >= 0.3 is 0 Å². The number of benzene rings is 1. The summed E-state index contributed by atoms with van der Waals surface area (Å²) in [5, 5.41) is 21.2. The number of hydrogen-bond acceptors (Lipinski definition) is 6. The molecule has 1 heterocycles. The van der Waals surface area contributed by atoms with Gasteiger partial charge in [0, 0.05) is 28.3 Å². The second-order valence-corrected chi connectivity index (χ2v) is 9.38. The standard InChI is InChI=1S/C20H19BrN2O3S/c1-20(2)7-14-18(15(24)8-20)17(11-3-5-12(21)6-4-11)13(9-22)19(23-14)27-10-16(25)26/h3-7,13,17-18H,8,10H2,1-2H3,(H,25,26)/p-1/t13?,17-,18+/m0/s1. The molecule has 0 fully saturated rings. The first-order valence-electron chi connectivity index (χ1n) is 8.53. The second kappa shape index (κ2) is 7.61. The molecule has 5 nitrogen and oxygen atoms in total. The number of allylic oxidation sites excluding steroid dienone is 2. The minimum absolute atomic E-state index is 0.0679. The van der Waals surface area contributed by atoms with E-state index in [9.17, 15) is 20.0 Å². The van der Waals surface area contributed by atoms with E-state index in [0.717, 1.165) is 21.8 Å². The maximum Gasteiger partial charge on any atom is 0.143 e. The Morgan fingerprint density at radius 1 is 1.41 bits per heavy atom. The molecule has 1 aliphatic carbocycles. The van der Waals surface area contributed by atoms with Crippen molar-refractivity contribution in [3.8, 4) is 6.07 Å². The number of aliphatic imine (C=N–C) groups is 1. The van der Waals surface area contributed by atoms with Gasteiger partial charge in [0.05, 0.1) is 23.0 Å². The zero-order valence-electron chi connectivity index (χ0n) is 14.9. The Bertz CT molecular complexity index is 883. The molecule has 140 valence electrons. The van der Waals surface area contributed by atoms with Gasteiger partial charge in [-0.2, -0.15) is 5.26 Å². The summed E-state index contributed by atoms with van der Waals surface area (Å²) >= 11 is 4.41. The normalized spacial score (nSPS) is 26.4. The lowest BCUT2D eigenvalue weighted by Crippen LogP contribution is -2.40. The van der Waals surface area contributed by atoms with E-state index in [4.69, 9.17) is 0 Å². The molecule has 1 aromatic rings. The highest BCUT2D eigenvalue weighted by Crippen LogP contribution is 2.49. The lowest BCUT2D eigenvalue weighted by Gasteiger charge is -2.40. The molecule has 0 radical (unpaired) electrons. The van der Waals surface area contributed by atoms with Gasteiger partial charge in [0.15, 0.2) is 0 Å². The minimum Gasteiger partial charge on any atom is -0.549 e. The van der Waals surface area contributed by atoms with Crippen molar-refractivity contribution in [3.63, 3.8) is 0 Å². The van der Waals surface area contributed by atoms with Gasteiger partial charge in [0.2, 0.25) is 0 Å². The third kappa shape index (κ3) is 4.17. The molecule has 7 heteroatoms. The number of Topliss-reactive ketones (excluding diaryl/α,β-unsaturated/α-hetero) is 1. The number of carboxylic acids is 1. The van der Waals surface area contributed by atoms with Gasteiger partial charge in [0.1, 0.15) is 11.7 Å². The van der Waals surface area contributed by atoms with Gasteiger partial charge < -0.3 is 9.90 Å². The van der Waals surface area contributed by atoms with E-state index >= 15 is 0 Å². The average molecular weight is 446 g/mol. The van der Waals surface area contributed by atoms with Gasteiger partial charge in [-0.05, 0) is 23.1 Å². The number of aliphatic carboxylic acids is 1. The van der Waals surface area contributed by atoms with Crippen molar-refractivity contribution in [1.82, 2.24) is 0 Å². The fourth-order valence-corrected chi connectivity index (χ4v) is 4.83. The number of carboxylic acid groups (broad SMARTS) is 1. The van der Waals surface area contributed by atoms with Crippen LogP contribution in [-0.4, -0.2) is 22.5 Å². The average Bonchev–Trinajstić information content (AvgIpc) is 2.58. The highest BCUT2D eigenvalue weighted by molar-refractivity contribution is 9.10. The number of ketones is 1. The quantitative estimate of drug-likeness (QED) is 0.712. The Morgan fingerprint density at radius 3 is 2.67 bits per heavy atom. The lowest BCUT2D eigenvalue weighted by atomic mass is 9.66. The number of nitriles is 1. The van der Waals surface area contributed by atoms with Crippen LogP contribution in [0, 0.1) is 28.6 Å². The highest BCUT2D eigenvalue weighted by Gasteiger charge is 2.47. The predicted octanol–water partition coefficient (Wildman–Crippen LogP) is 3.07. The van der Waals surface area contributed by atoms with Gasteiger partial charge in [-0.15, -0.1) is 11.8 Å². The zero-order valence-corrected chi connectivity index (χ0v) is 17.3. The van der Waals surface area contributed by atoms with Gasteiger partial charge in [-0.3, -0.25) is 4.79 Å². The van der Waals surface area contributed by atoms with Crippen LogP contribution in [0.25, 0.3) is 0 Å². The van der Waals surface area contributed by atoms with Crippen LogP contribution in [-0.2, 0) is 9.59 Å². The third-order valence-corrected chi connectivity index (χ3v) is 6.34. The van der Waals surface area contributed by atoms with Crippen molar-refractivity contribution in [1.29, 1.82) is 5.26 Å². The Hall–Kier alpha value is -1.91. The fourth-order valence-electron chi connectivity index (χ4n) is 3.75. The molecule has 1 aliphatic heterocycles. The van der Waals surface area contributed by atoms with Crippen LogP contribution in [0.4, 0.5) is 0 Å². The summed E-state index contributed by atoms with van der Waals surface area (Å²) in [5.74, 6) is -2.98. The summed E-state index contributed by atoms with van der Waals surface area (Å²) in [5.41, 5.74) is 1.19. The molecule has 0 bridgehead atoms. The third-order valence-electron chi connectivity index (χ3n) is 4.79. The molecular weight excluding hydrogens is 428 g/mol. The van der Waals surface area contributed by atoms with Crippen LogP contribution in [0.2, 0.25) is 0 Å². The van der Waals surface area contributed by atoms with Crippen LogP contribution in [0.3, 0.4) is 0 Å². The summed E-state index contributed by atoms with van der Waals surface area (Å²) < 4.78 is 0.905. The molecule has 0 amide bonds. The van der Waals surface area contributed by atoms with Gasteiger partial charge in [-0.25, -0.2) is 4.99 Å². The molecule has 1 unspecified atom stereocenters. The lowest BCUT2D eigenvalue weighted by molar-refractivity contribution is -0.301. The van der Waals surface area contributed by atoms with Crippen molar-refractivity contribution in [2.75, 3.05) is 5.75 Å². The van der Waals surface area contributed by atoms with Crippen molar-refractivity contribution < 1.29 is 14.7 Å². The van der Waals surface area contributed by atoms with Crippen LogP contribution >= 0.6 is 27.7 Å². The van der Waals surface area contributed by atoms with Crippen molar-refractivity contribution >= 4 is 44.5 Å². The van der Waals surface area contributed by atoms with Crippen LogP contribution in [0.15, 0.2) is 45.5 Å². The Kier molecular flexibility index (Phi) is 5.59. The number of carbonyl (C=O) groups is 2. The maximum atomic E-state index is 13.0. The largest absolute Gasteiger partial charge is 0.549 e. The van der Waals surface area contributed by atoms with E-state index in [1.807, 2.05) is 44.2 Å².